The van der Waals surface area contributed by atoms with Crippen molar-refractivity contribution in [2.24, 2.45) is 0 Å². The highest BCUT2D eigenvalue weighted by Gasteiger charge is 2.22. The van der Waals surface area contributed by atoms with Crippen molar-refractivity contribution in [3.8, 4) is 0 Å². The number of benzene rings is 3. The summed E-state index contributed by atoms with van der Waals surface area (Å²) >= 11 is 0. The zero-order chi connectivity index (χ0) is 22.8. The molecule has 0 atom stereocenters. The Morgan fingerprint density at radius 2 is 1.61 bits per heavy atom. The Hall–Kier alpha value is -4.52. The minimum atomic E-state index is -0.711. The van der Waals surface area contributed by atoms with Gasteiger partial charge in [-0.3, -0.25) is 9.59 Å². The zero-order valence-electron chi connectivity index (χ0n) is 17.5. The Morgan fingerprint density at radius 3 is 2.45 bits per heavy atom. The molecule has 0 saturated heterocycles. The fourth-order valence-corrected chi connectivity index (χ4v) is 3.78. The van der Waals surface area contributed by atoms with E-state index in [1.165, 1.54) is 11.0 Å². The lowest BCUT2D eigenvalue weighted by Crippen LogP contribution is -2.34. The van der Waals surface area contributed by atoms with E-state index in [0.717, 1.165) is 5.56 Å². The summed E-state index contributed by atoms with van der Waals surface area (Å²) in [7, 11) is 0. The molecule has 1 amide bonds. The Kier molecular flexibility index (Phi) is 5.28. The molecule has 5 aromatic rings. The molecule has 33 heavy (non-hydrogen) atoms. The van der Waals surface area contributed by atoms with E-state index < -0.39 is 11.5 Å². The first kappa shape index (κ1) is 20.4. The van der Waals surface area contributed by atoms with Crippen molar-refractivity contribution in [3.63, 3.8) is 0 Å². The van der Waals surface area contributed by atoms with Crippen LogP contribution in [0.15, 0.2) is 98.9 Å². The average molecular weight is 437 g/mol. The second kappa shape index (κ2) is 8.55. The van der Waals surface area contributed by atoms with Crippen molar-refractivity contribution in [1.29, 1.82) is 0 Å². The predicted molar refractivity (Wildman–Crippen MR) is 125 cm³/mol. The summed E-state index contributed by atoms with van der Waals surface area (Å²) in [5.74, 6) is -0.178. The molecule has 2 aromatic heterocycles. The lowest BCUT2D eigenvalue weighted by atomic mass is 10.1. The highest BCUT2D eigenvalue weighted by Crippen LogP contribution is 2.17. The van der Waals surface area contributed by atoms with Gasteiger partial charge < -0.3 is 14.3 Å². The minimum Gasteiger partial charge on any atom is -0.422 e. The molecule has 3 aromatic carbocycles. The van der Waals surface area contributed by atoms with Gasteiger partial charge in [-0.05, 0) is 29.8 Å². The molecule has 0 aliphatic carbocycles. The SMILES string of the molecule is O=C(c1cc2ccccc2oc1=O)N(Cc1ccccc1)Cc1nc2ccccc2c(=O)[nH]1. The third-order valence-corrected chi connectivity index (χ3v) is 5.38. The van der Waals surface area contributed by atoms with Crippen LogP contribution in [0.5, 0.6) is 0 Å². The number of aromatic nitrogens is 2. The fraction of sp³-hybridized carbons (Fsp3) is 0.0769. The van der Waals surface area contributed by atoms with Gasteiger partial charge in [0.25, 0.3) is 11.5 Å². The summed E-state index contributed by atoms with van der Waals surface area (Å²) in [5, 5.41) is 1.12. The van der Waals surface area contributed by atoms with Crippen LogP contribution in [-0.2, 0) is 13.1 Å². The normalized spacial score (nSPS) is 11.0. The van der Waals surface area contributed by atoms with Gasteiger partial charge in [0.2, 0.25) is 0 Å². The molecule has 5 rings (SSSR count). The number of hydrogen-bond acceptors (Lipinski definition) is 5. The number of para-hydroxylation sites is 2. The molecule has 2 heterocycles. The Balaban J connectivity index is 1.56. The van der Waals surface area contributed by atoms with Gasteiger partial charge in [0.15, 0.2) is 0 Å². The van der Waals surface area contributed by atoms with E-state index in [2.05, 4.69) is 9.97 Å². The number of nitrogens with one attached hydrogen (secondary N) is 1. The molecule has 0 saturated carbocycles. The largest absolute Gasteiger partial charge is 0.422 e. The number of nitrogens with zero attached hydrogens (tertiary/aromatic N) is 2. The van der Waals surface area contributed by atoms with E-state index in [4.69, 9.17) is 4.42 Å². The predicted octanol–water partition coefficient (Wildman–Crippen LogP) is 3.87. The van der Waals surface area contributed by atoms with Gasteiger partial charge in [-0.2, -0.15) is 0 Å². The highest BCUT2D eigenvalue weighted by molar-refractivity contribution is 5.96. The van der Waals surface area contributed by atoms with Crippen LogP contribution in [0.1, 0.15) is 21.7 Å². The summed E-state index contributed by atoms with van der Waals surface area (Å²) < 4.78 is 5.36. The smallest absolute Gasteiger partial charge is 0.349 e. The number of rotatable bonds is 5. The molecule has 0 bridgehead atoms. The molecule has 162 valence electrons. The molecule has 0 aliphatic rings. The number of carbonyl (C=O) groups is 1. The molecule has 0 spiro atoms. The first-order chi connectivity index (χ1) is 16.1. The van der Waals surface area contributed by atoms with Crippen molar-refractivity contribution in [2.45, 2.75) is 13.1 Å². The lowest BCUT2D eigenvalue weighted by molar-refractivity contribution is 0.0721. The number of aromatic amines is 1. The van der Waals surface area contributed by atoms with Crippen molar-refractivity contribution >= 4 is 27.8 Å². The van der Waals surface area contributed by atoms with Crippen molar-refractivity contribution in [3.05, 3.63) is 123 Å². The van der Waals surface area contributed by atoms with E-state index in [-0.39, 0.29) is 24.2 Å². The first-order valence-electron chi connectivity index (χ1n) is 10.4. The van der Waals surface area contributed by atoms with Crippen LogP contribution in [0.2, 0.25) is 0 Å². The van der Waals surface area contributed by atoms with Gasteiger partial charge in [0.05, 0.1) is 17.4 Å². The van der Waals surface area contributed by atoms with E-state index in [1.54, 1.807) is 42.5 Å². The highest BCUT2D eigenvalue weighted by atomic mass is 16.4. The lowest BCUT2D eigenvalue weighted by Gasteiger charge is -2.22. The Bertz CT molecular complexity index is 1590. The summed E-state index contributed by atoms with van der Waals surface area (Å²) in [6.07, 6.45) is 0. The number of H-pyrrole nitrogens is 1. The number of amides is 1. The van der Waals surface area contributed by atoms with E-state index >= 15 is 0 Å². The molecule has 0 unspecified atom stereocenters. The van der Waals surface area contributed by atoms with Crippen LogP contribution < -0.4 is 11.2 Å². The Labute approximate surface area is 187 Å². The third kappa shape index (κ3) is 4.16. The van der Waals surface area contributed by atoms with Gasteiger partial charge in [-0.25, -0.2) is 9.78 Å². The molecule has 7 heteroatoms. The van der Waals surface area contributed by atoms with Gasteiger partial charge in [0, 0.05) is 11.9 Å². The topological polar surface area (TPSA) is 96.3 Å². The van der Waals surface area contributed by atoms with Crippen LogP contribution in [0.25, 0.3) is 21.9 Å². The third-order valence-electron chi connectivity index (χ3n) is 5.38. The number of carbonyl (C=O) groups excluding carboxylic acids is 1. The number of hydrogen-bond donors (Lipinski definition) is 1. The van der Waals surface area contributed by atoms with Crippen molar-refractivity contribution in [1.82, 2.24) is 14.9 Å². The second-order valence-corrected chi connectivity index (χ2v) is 7.66. The Morgan fingerprint density at radius 1 is 0.879 bits per heavy atom. The maximum absolute atomic E-state index is 13.5. The summed E-state index contributed by atoms with van der Waals surface area (Å²) in [6, 6.07) is 25.0. The van der Waals surface area contributed by atoms with E-state index in [0.29, 0.717) is 27.7 Å². The maximum Gasteiger partial charge on any atom is 0.349 e. The quantitative estimate of drug-likeness (QED) is 0.421. The molecule has 1 N–H and O–H groups in total. The van der Waals surface area contributed by atoms with Crippen LogP contribution in [0.3, 0.4) is 0 Å². The van der Waals surface area contributed by atoms with Crippen molar-refractivity contribution < 1.29 is 9.21 Å². The van der Waals surface area contributed by atoms with Crippen LogP contribution in [0, 0.1) is 0 Å². The van der Waals surface area contributed by atoms with Crippen LogP contribution >= 0.6 is 0 Å². The standard InChI is InChI=1S/C26H19N3O4/c30-24-19-11-5-6-12-21(19)27-23(28-24)16-29(15-17-8-2-1-3-9-17)25(31)20-14-18-10-4-7-13-22(18)33-26(20)32/h1-14H,15-16H2,(H,27,28,30). The molecule has 0 fully saturated rings. The van der Waals surface area contributed by atoms with Gasteiger partial charge in [-0.15, -0.1) is 0 Å². The second-order valence-electron chi connectivity index (χ2n) is 7.66. The van der Waals surface area contributed by atoms with E-state index in [1.807, 2.05) is 36.4 Å². The maximum atomic E-state index is 13.5. The van der Waals surface area contributed by atoms with Crippen LogP contribution in [0.4, 0.5) is 0 Å². The van der Waals surface area contributed by atoms with Gasteiger partial charge >= 0.3 is 5.63 Å². The average Bonchev–Trinajstić information content (AvgIpc) is 2.83. The summed E-state index contributed by atoms with van der Waals surface area (Å²) in [5.41, 5.74) is 0.749. The monoisotopic (exact) mass is 437 g/mol. The number of fused-ring (bicyclic) bond motifs is 2. The minimum absolute atomic E-state index is 0.0140. The molecular formula is C26H19N3O4. The van der Waals surface area contributed by atoms with Gasteiger partial charge in [0.1, 0.15) is 17.0 Å². The first-order valence-corrected chi connectivity index (χ1v) is 10.4. The summed E-state index contributed by atoms with van der Waals surface area (Å²) in [6.45, 7) is 0.239. The molecular weight excluding hydrogens is 418 g/mol. The zero-order valence-corrected chi connectivity index (χ0v) is 17.5. The van der Waals surface area contributed by atoms with Crippen LogP contribution in [-0.4, -0.2) is 20.8 Å². The van der Waals surface area contributed by atoms with Gasteiger partial charge in [-0.1, -0.05) is 60.7 Å². The summed E-state index contributed by atoms with van der Waals surface area (Å²) in [4.78, 5) is 47.4. The molecule has 0 radical (unpaired) electrons. The van der Waals surface area contributed by atoms with E-state index in [9.17, 15) is 14.4 Å². The van der Waals surface area contributed by atoms with Crippen molar-refractivity contribution in [2.75, 3.05) is 0 Å². The fourth-order valence-electron chi connectivity index (χ4n) is 3.78. The molecule has 7 nitrogen and oxygen atoms in total. The molecule has 0 aliphatic heterocycles.